The van der Waals surface area contributed by atoms with E-state index in [-0.39, 0.29) is 48.0 Å². The molecule has 1 N–H and O–H groups in total. The fraction of sp³-hybridized carbons (Fsp3) is 0.440. The molecule has 3 aromatic rings. The molecule has 0 saturated carbocycles. The van der Waals surface area contributed by atoms with Crippen molar-refractivity contribution in [2.24, 2.45) is 0 Å². The summed E-state index contributed by atoms with van der Waals surface area (Å²) in [4.78, 5) is 30.8. The lowest BCUT2D eigenvalue weighted by Crippen LogP contribution is -2.45. The van der Waals surface area contributed by atoms with Crippen molar-refractivity contribution in [3.63, 3.8) is 0 Å². The average Bonchev–Trinajstić information content (AvgIpc) is 3.48. The average molecular weight is 572 g/mol. The van der Waals surface area contributed by atoms with Crippen LogP contribution in [0.25, 0.3) is 16.4 Å². The number of piperidine rings is 1. The number of hydrogen-bond donors (Lipinski definition) is 1. The van der Waals surface area contributed by atoms with Crippen molar-refractivity contribution < 1.29 is 36.6 Å². The highest BCUT2D eigenvalue weighted by atomic mass is 32.1. The van der Waals surface area contributed by atoms with Gasteiger partial charge < -0.3 is 5.11 Å². The third-order valence-electron chi connectivity index (χ3n) is 6.43. The number of aryl methyl sites for hydroxylation is 1. The van der Waals surface area contributed by atoms with Crippen LogP contribution in [-0.4, -0.2) is 68.7 Å². The molecule has 1 atom stereocenters. The molecule has 0 unspecified atom stereocenters. The molecule has 1 aliphatic heterocycles. The molecule has 2 aromatic heterocycles. The van der Waals surface area contributed by atoms with E-state index in [0.29, 0.717) is 18.6 Å². The molecule has 1 fully saturated rings. The normalized spacial score (nSPS) is 16.7. The van der Waals surface area contributed by atoms with Gasteiger partial charge in [-0.05, 0) is 32.4 Å². The Labute approximate surface area is 224 Å². The number of carboxylic acids is 1. The molecule has 39 heavy (non-hydrogen) atoms. The highest BCUT2D eigenvalue weighted by molar-refractivity contribution is 7.12. The molecule has 4 rings (SSSR count). The summed E-state index contributed by atoms with van der Waals surface area (Å²) < 4.78 is 70.5. The van der Waals surface area contributed by atoms with Crippen LogP contribution in [0, 0.1) is 6.92 Å². The molecule has 0 spiro atoms. The zero-order valence-electron chi connectivity index (χ0n) is 20.9. The van der Waals surface area contributed by atoms with E-state index < -0.39 is 42.6 Å². The number of likely N-dealkylation sites (tertiary alicyclic amines) is 1. The second-order valence-electron chi connectivity index (χ2n) is 9.40. The van der Waals surface area contributed by atoms with Gasteiger partial charge in [0.05, 0.1) is 29.9 Å². The summed E-state index contributed by atoms with van der Waals surface area (Å²) in [6.45, 7) is 1.75. The van der Waals surface area contributed by atoms with Crippen molar-refractivity contribution in [2.45, 2.75) is 50.7 Å². The first-order valence-electron chi connectivity index (χ1n) is 12.1. The number of anilines is 1. The molecule has 3 heterocycles. The second-order valence-corrected chi connectivity index (χ2v) is 10.2. The smallest absolute Gasteiger partial charge is 0.417 e. The fourth-order valence-electron chi connectivity index (χ4n) is 4.66. The maximum absolute atomic E-state index is 13.9. The zero-order chi connectivity index (χ0) is 28.4. The van der Waals surface area contributed by atoms with E-state index in [1.165, 1.54) is 33.8 Å². The van der Waals surface area contributed by atoms with E-state index in [9.17, 15) is 36.6 Å². The van der Waals surface area contributed by atoms with Crippen LogP contribution in [0.2, 0.25) is 0 Å². The molecule has 0 radical (unpaired) electrons. The van der Waals surface area contributed by atoms with E-state index in [2.05, 4.69) is 10.1 Å². The van der Waals surface area contributed by atoms with Crippen LogP contribution >= 0.6 is 11.3 Å². The van der Waals surface area contributed by atoms with Gasteiger partial charge in [0.25, 0.3) is 5.92 Å². The number of aliphatic carboxylic acids is 1. The number of alkyl halides is 5. The van der Waals surface area contributed by atoms with E-state index in [0.717, 1.165) is 22.3 Å². The van der Waals surface area contributed by atoms with Gasteiger partial charge in [-0.2, -0.15) is 13.2 Å². The standard InChI is InChI=1S/C25H26F5N5O3S/c1-16-13-39-23(31-16)35-20(18-5-2-3-6-19(18)25(28,29)30)12-21(32-35)34(15-36)17(11-22(37)38)7-10-33-9-4-8-24(26,27)14-33/h2-3,5-6,12-13,15,17H,4,7-11,14H2,1H3,(H,37,38)/t17-/m0/s1. The molecule has 8 nitrogen and oxygen atoms in total. The quantitative estimate of drug-likeness (QED) is 0.264. The van der Waals surface area contributed by atoms with Crippen LogP contribution in [0.5, 0.6) is 0 Å². The summed E-state index contributed by atoms with van der Waals surface area (Å²) in [5, 5.41) is 15.8. The van der Waals surface area contributed by atoms with Crippen molar-refractivity contribution in [1.82, 2.24) is 19.7 Å². The maximum atomic E-state index is 13.9. The van der Waals surface area contributed by atoms with Gasteiger partial charge in [0.2, 0.25) is 11.5 Å². The van der Waals surface area contributed by atoms with Crippen LogP contribution in [0.4, 0.5) is 27.8 Å². The van der Waals surface area contributed by atoms with Gasteiger partial charge in [0.1, 0.15) is 0 Å². The van der Waals surface area contributed by atoms with Gasteiger partial charge in [0.15, 0.2) is 5.82 Å². The predicted octanol–water partition coefficient (Wildman–Crippen LogP) is 5.25. The molecular formula is C25H26F5N5O3S. The van der Waals surface area contributed by atoms with Crippen molar-refractivity contribution in [3.8, 4) is 16.4 Å². The summed E-state index contributed by atoms with van der Waals surface area (Å²) in [6.07, 6.45) is -4.74. The van der Waals surface area contributed by atoms with Gasteiger partial charge in [-0.15, -0.1) is 16.4 Å². The molecule has 14 heteroatoms. The molecule has 1 aromatic carbocycles. The Morgan fingerprint density at radius 1 is 1.31 bits per heavy atom. The maximum Gasteiger partial charge on any atom is 0.417 e. The van der Waals surface area contributed by atoms with Crippen molar-refractivity contribution in [3.05, 3.63) is 47.0 Å². The van der Waals surface area contributed by atoms with E-state index >= 15 is 0 Å². The Kier molecular flexibility index (Phi) is 8.35. The summed E-state index contributed by atoms with van der Waals surface area (Å²) in [5.74, 6) is -4.16. The van der Waals surface area contributed by atoms with Gasteiger partial charge >= 0.3 is 12.1 Å². The third kappa shape index (κ3) is 6.79. The number of amides is 1. The van der Waals surface area contributed by atoms with Crippen LogP contribution < -0.4 is 4.90 Å². The Hall–Kier alpha value is -3.39. The molecule has 0 bridgehead atoms. The topological polar surface area (TPSA) is 91.6 Å². The monoisotopic (exact) mass is 571 g/mol. The first kappa shape index (κ1) is 28.6. The third-order valence-corrected chi connectivity index (χ3v) is 7.36. The highest BCUT2D eigenvalue weighted by Gasteiger charge is 2.37. The summed E-state index contributed by atoms with van der Waals surface area (Å²) in [5.41, 5.74) is -0.509. The molecule has 1 amide bonds. The summed E-state index contributed by atoms with van der Waals surface area (Å²) >= 11 is 1.13. The van der Waals surface area contributed by atoms with E-state index in [1.54, 1.807) is 12.3 Å². The Balaban J connectivity index is 1.73. The lowest BCUT2D eigenvalue weighted by Gasteiger charge is -2.34. The van der Waals surface area contributed by atoms with Gasteiger partial charge in [-0.25, -0.2) is 18.4 Å². The minimum atomic E-state index is -4.68. The number of thiazole rings is 1. The van der Waals surface area contributed by atoms with Crippen LogP contribution in [0.3, 0.4) is 0 Å². The number of rotatable bonds is 10. The number of hydrogen-bond acceptors (Lipinski definition) is 6. The summed E-state index contributed by atoms with van der Waals surface area (Å²) in [7, 11) is 0. The number of nitrogens with zero attached hydrogens (tertiary/aromatic N) is 5. The number of halogens is 5. The number of carboxylic acid groups (broad SMARTS) is 1. The SMILES string of the molecule is Cc1csc(-n2nc(N(C=O)[C@@H](CCN3CCCC(F)(F)C3)CC(=O)O)cc2-c2ccccc2C(F)(F)F)n1. The molecule has 1 aliphatic rings. The minimum Gasteiger partial charge on any atom is -0.481 e. The van der Waals surface area contributed by atoms with E-state index in [1.807, 2.05) is 0 Å². The molecule has 210 valence electrons. The number of carbonyl (C=O) groups excluding carboxylic acids is 1. The minimum absolute atomic E-state index is 0.00359. The van der Waals surface area contributed by atoms with Crippen molar-refractivity contribution in [1.29, 1.82) is 0 Å². The zero-order valence-corrected chi connectivity index (χ0v) is 21.7. The van der Waals surface area contributed by atoms with Gasteiger partial charge in [0, 0.05) is 36.0 Å². The fourth-order valence-corrected chi connectivity index (χ4v) is 5.43. The number of aromatic nitrogens is 3. The van der Waals surface area contributed by atoms with Crippen molar-refractivity contribution >= 4 is 29.5 Å². The first-order chi connectivity index (χ1) is 18.4. The second kappa shape index (κ2) is 11.4. The van der Waals surface area contributed by atoms with Crippen LogP contribution in [-0.2, 0) is 15.8 Å². The number of benzene rings is 1. The Morgan fingerprint density at radius 3 is 2.67 bits per heavy atom. The predicted molar refractivity (Wildman–Crippen MR) is 134 cm³/mol. The highest BCUT2D eigenvalue weighted by Crippen LogP contribution is 2.39. The molecule has 0 aliphatic carbocycles. The van der Waals surface area contributed by atoms with Gasteiger partial charge in [-0.1, -0.05) is 18.2 Å². The van der Waals surface area contributed by atoms with Gasteiger partial charge in [-0.3, -0.25) is 19.4 Å². The summed E-state index contributed by atoms with van der Waals surface area (Å²) in [6, 6.07) is 5.19. The lowest BCUT2D eigenvalue weighted by molar-refractivity contribution is -0.138. The molecular weight excluding hydrogens is 545 g/mol. The van der Waals surface area contributed by atoms with Crippen LogP contribution in [0.1, 0.15) is 36.9 Å². The van der Waals surface area contributed by atoms with E-state index in [4.69, 9.17) is 0 Å². The first-order valence-corrected chi connectivity index (χ1v) is 13.0. The largest absolute Gasteiger partial charge is 0.481 e. The Bertz CT molecular complexity index is 1330. The number of carbonyl (C=O) groups is 2. The molecule has 1 saturated heterocycles. The lowest BCUT2D eigenvalue weighted by atomic mass is 10.0. The van der Waals surface area contributed by atoms with Crippen molar-refractivity contribution in [2.75, 3.05) is 24.5 Å². The van der Waals surface area contributed by atoms with Crippen LogP contribution in [0.15, 0.2) is 35.7 Å². The Morgan fingerprint density at radius 2 is 2.05 bits per heavy atom.